The Morgan fingerprint density at radius 1 is 1.09 bits per heavy atom. The molecule has 1 aromatic carbocycles. The molecular weight excluding hydrogens is 338 g/mol. The van der Waals surface area contributed by atoms with Gasteiger partial charge in [-0.3, -0.25) is 9.71 Å². The molecule has 0 fully saturated rings. The van der Waals surface area contributed by atoms with Crippen molar-refractivity contribution in [3.63, 3.8) is 0 Å². The van der Waals surface area contributed by atoms with E-state index in [1.165, 1.54) is 37.6 Å². The van der Waals surface area contributed by atoms with E-state index in [9.17, 15) is 16.8 Å². The van der Waals surface area contributed by atoms with Crippen molar-refractivity contribution in [2.75, 3.05) is 18.3 Å². The SMILES string of the molecule is CCN(C)S(=O)(=O)c1cccc(S(=O)(=O)Nc2cccnc2)c1. The minimum Gasteiger partial charge on any atom is -0.278 e. The highest BCUT2D eigenvalue weighted by atomic mass is 32.2. The van der Waals surface area contributed by atoms with Crippen LogP contribution in [0.5, 0.6) is 0 Å². The van der Waals surface area contributed by atoms with Gasteiger partial charge in [0.1, 0.15) is 0 Å². The molecule has 1 N–H and O–H groups in total. The van der Waals surface area contributed by atoms with Crippen LogP contribution in [0, 0.1) is 0 Å². The van der Waals surface area contributed by atoms with Gasteiger partial charge in [0.2, 0.25) is 10.0 Å². The van der Waals surface area contributed by atoms with Gasteiger partial charge in [0, 0.05) is 19.8 Å². The van der Waals surface area contributed by atoms with Crippen molar-refractivity contribution in [2.45, 2.75) is 16.7 Å². The first kappa shape index (κ1) is 17.4. The van der Waals surface area contributed by atoms with E-state index in [1.807, 2.05) is 0 Å². The molecule has 0 atom stereocenters. The molecule has 0 amide bonds. The van der Waals surface area contributed by atoms with Crippen LogP contribution in [-0.2, 0) is 20.0 Å². The second-order valence-electron chi connectivity index (χ2n) is 4.74. The Morgan fingerprint density at radius 3 is 2.39 bits per heavy atom. The number of sulfonamides is 2. The molecule has 0 aliphatic carbocycles. The van der Waals surface area contributed by atoms with Gasteiger partial charge >= 0.3 is 0 Å². The zero-order chi connectivity index (χ0) is 17.1. The first-order valence-corrected chi connectivity index (χ1v) is 9.69. The highest BCUT2D eigenvalue weighted by Crippen LogP contribution is 2.20. The number of anilines is 1. The van der Waals surface area contributed by atoms with Crippen LogP contribution in [0.1, 0.15) is 6.92 Å². The Kier molecular flexibility index (Phi) is 5.03. The molecule has 124 valence electrons. The number of benzene rings is 1. The highest BCUT2D eigenvalue weighted by Gasteiger charge is 2.22. The summed E-state index contributed by atoms with van der Waals surface area (Å²) in [6.45, 7) is 1.98. The van der Waals surface area contributed by atoms with Crippen molar-refractivity contribution in [3.05, 3.63) is 48.8 Å². The maximum atomic E-state index is 12.4. The second kappa shape index (κ2) is 6.65. The van der Waals surface area contributed by atoms with Crippen LogP contribution in [0.3, 0.4) is 0 Å². The van der Waals surface area contributed by atoms with E-state index < -0.39 is 20.0 Å². The summed E-state index contributed by atoms with van der Waals surface area (Å²) < 4.78 is 52.9. The third-order valence-electron chi connectivity index (χ3n) is 3.18. The summed E-state index contributed by atoms with van der Waals surface area (Å²) in [4.78, 5) is 3.62. The molecule has 9 heteroatoms. The summed E-state index contributed by atoms with van der Waals surface area (Å²) in [7, 11) is -6.18. The number of pyridine rings is 1. The minimum atomic E-state index is -3.90. The molecule has 1 aromatic heterocycles. The number of nitrogens with one attached hydrogen (secondary N) is 1. The lowest BCUT2D eigenvalue weighted by molar-refractivity contribution is 0.486. The molecule has 1 heterocycles. The number of hydrogen-bond acceptors (Lipinski definition) is 5. The maximum absolute atomic E-state index is 12.4. The zero-order valence-corrected chi connectivity index (χ0v) is 14.3. The summed E-state index contributed by atoms with van der Waals surface area (Å²) in [6.07, 6.45) is 2.88. The number of rotatable bonds is 6. The fourth-order valence-corrected chi connectivity index (χ4v) is 4.18. The predicted octanol–water partition coefficient (Wildman–Crippen LogP) is 1.52. The van der Waals surface area contributed by atoms with Gasteiger partial charge in [0.05, 0.1) is 21.7 Å². The number of hydrogen-bond donors (Lipinski definition) is 1. The lowest BCUT2D eigenvalue weighted by atomic mass is 10.4. The van der Waals surface area contributed by atoms with E-state index in [1.54, 1.807) is 19.1 Å². The van der Waals surface area contributed by atoms with Crippen LogP contribution in [0.15, 0.2) is 58.6 Å². The summed E-state index contributed by atoms with van der Waals surface area (Å²) in [5.74, 6) is 0. The van der Waals surface area contributed by atoms with Crippen molar-refractivity contribution in [1.82, 2.24) is 9.29 Å². The van der Waals surface area contributed by atoms with Gasteiger partial charge in [-0.2, -0.15) is 0 Å². The second-order valence-corrected chi connectivity index (χ2v) is 8.47. The van der Waals surface area contributed by atoms with Gasteiger partial charge in [-0.15, -0.1) is 0 Å². The van der Waals surface area contributed by atoms with Crippen molar-refractivity contribution in [2.24, 2.45) is 0 Å². The van der Waals surface area contributed by atoms with Crippen molar-refractivity contribution < 1.29 is 16.8 Å². The Balaban J connectivity index is 2.40. The normalized spacial score (nSPS) is 12.3. The molecule has 2 rings (SSSR count). The fraction of sp³-hybridized carbons (Fsp3) is 0.214. The lowest BCUT2D eigenvalue weighted by Gasteiger charge is -2.15. The zero-order valence-electron chi connectivity index (χ0n) is 12.7. The molecule has 0 saturated heterocycles. The fourth-order valence-electron chi connectivity index (χ4n) is 1.79. The Bertz CT molecular complexity index is 881. The molecule has 0 aliphatic rings. The van der Waals surface area contributed by atoms with E-state index in [4.69, 9.17) is 0 Å². The van der Waals surface area contributed by atoms with Gasteiger partial charge < -0.3 is 0 Å². The average molecular weight is 355 g/mol. The molecule has 0 aliphatic heterocycles. The maximum Gasteiger partial charge on any atom is 0.261 e. The van der Waals surface area contributed by atoms with Gasteiger partial charge in [-0.25, -0.2) is 21.1 Å². The van der Waals surface area contributed by atoms with E-state index >= 15 is 0 Å². The minimum absolute atomic E-state index is 0.0732. The predicted molar refractivity (Wildman–Crippen MR) is 87.0 cm³/mol. The van der Waals surface area contributed by atoms with E-state index in [2.05, 4.69) is 9.71 Å². The quantitative estimate of drug-likeness (QED) is 0.847. The number of nitrogens with zero attached hydrogens (tertiary/aromatic N) is 2. The molecular formula is C14H17N3O4S2. The summed E-state index contributed by atoms with van der Waals surface area (Å²) >= 11 is 0. The summed E-state index contributed by atoms with van der Waals surface area (Å²) in [6, 6.07) is 8.38. The largest absolute Gasteiger partial charge is 0.278 e. The van der Waals surface area contributed by atoms with Crippen LogP contribution in [0.4, 0.5) is 5.69 Å². The first-order chi connectivity index (χ1) is 10.8. The van der Waals surface area contributed by atoms with E-state index in [0.29, 0.717) is 5.69 Å². The molecule has 2 aromatic rings. The van der Waals surface area contributed by atoms with Crippen molar-refractivity contribution >= 4 is 25.7 Å². The van der Waals surface area contributed by atoms with Crippen LogP contribution >= 0.6 is 0 Å². The average Bonchev–Trinajstić information content (AvgIpc) is 2.54. The third kappa shape index (κ3) is 3.87. The summed E-state index contributed by atoms with van der Waals surface area (Å²) in [5, 5.41) is 0. The lowest BCUT2D eigenvalue weighted by Crippen LogP contribution is -2.26. The topological polar surface area (TPSA) is 96.4 Å². The molecule has 23 heavy (non-hydrogen) atoms. The molecule has 7 nitrogen and oxygen atoms in total. The third-order valence-corrected chi connectivity index (χ3v) is 6.49. The van der Waals surface area contributed by atoms with Crippen LogP contribution < -0.4 is 4.72 Å². The molecule has 0 spiro atoms. The van der Waals surface area contributed by atoms with E-state index in [0.717, 1.165) is 10.4 Å². The highest BCUT2D eigenvalue weighted by molar-refractivity contribution is 7.93. The summed E-state index contributed by atoms with van der Waals surface area (Å²) in [5.41, 5.74) is 0.298. The number of aromatic nitrogens is 1. The smallest absolute Gasteiger partial charge is 0.261 e. The van der Waals surface area contributed by atoms with Gasteiger partial charge in [-0.05, 0) is 30.3 Å². The molecule has 0 saturated carbocycles. The Hall–Kier alpha value is -1.97. The van der Waals surface area contributed by atoms with Crippen molar-refractivity contribution in [1.29, 1.82) is 0 Å². The van der Waals surface area contributed by atoms with Crippen LogP contribution in [-0.4, -0.2) is 39.7 Å². The molecule has 0 bridgehead atoms. The van der Waals surface area contributed by atoms with Crippen LogP contribution in [0.25, 0.3) is 0 Å². The van der Waals surface area contributed by atoms with E-state index in [-0.39, 0.29) is 16.3 Å². The standard InChI is InChI=1S/C14H17N3O4S2/c1-3-17(2)23(20,21)14-8-4-7-13(10-14)22(18,19)16-12-6-5-9-15-11-12/h4-11,16H,3H2,1-2H3. The monoisotopic (exact) mass is 355 g/mol. The van der Waals surface area contributed by atoms with Crippen molar-refractivity contribution in [3.8, 4) is 0 Å². The Morgan fingerprint density at radius 2 is 1.78 bits per heavy atom. The van der Waals surface area contributed by atoms with Gasteiger partial charge in [0.15, 0.2) is 0 Å². The Labute approximate surface area is 136 Å². The van der Waals surface area contributed by atoms with Crippen LogP contribution in [0.2, 0.25) is 0 Å². The van der Waals surface area contributed by atoms with Gasteiger partial charge in [0.25, 0.3) is 10.0 Å². The first-order valence-electron chi connectivity index (χ1n) is 6.76. The van der Waals surface area contributed by atoms with Gasteiger partial charge in [-0.1, -0.05) is 13.0 Å². The molecule has 0 unspecified atom stereocenters. The molecule has 0 radical (unpaired) electrons.